The molecule has 2 heterocycles. The summed E-state index contributed by atoms with van der Waals surface area (Å²) in [5.41, 5.74) is 1.74. The summed E-state index contributed by atoms with van der Waals surface area (Å²) in [6.45, 7) is 4.71. The van der Waals surface area contributed by atoms with Gasteiger partial charge in [0.05, 0.1) is 22.9 Å². The Morgan fingerprint density at radius 3 is 2.52 bits per heavy atom. The molecule has 0 spiro atoms. The third kappa shape index (κ3) is 5.00. The summed E-state index contributed by atoms with van der Waals surface area (Å²) >= 11 is 1.51. The Kier molecular flexibility index (Phi) is 6.43. The molecule has 9 heteroatoms. The fourth-order valence-electron chi connectivity index (χ4n) is 3.49. The van der Waals surface area contributed by atoms with Gasteiger partial charge in [0.1, 0.15) is 5.82 Å². The highest BCUT2D eigenvalue weighted by atomic mass is 32.1. The Hall–Kier alpha value is -3.04. The van der Waals surface area contributed by atoms with Crippen molar-refractivity contribution in [2.24, 2.45) is 0 Å². The second-order valence-corrected chi connectivity index (χ2v) is 8.27. The van der Waals surface area contributed by atoms with Crippen LogP contribution in [0, 0.1) is 5.82 Å². The standard InChI is InChI=1S/C22H23FN4O3S/c1-30-21(29)16-4-2-15(3-5-16)20(28)24-8-9-26-10-12-27(13-11-26)22-25-18-7-6-17(23)14-19(18)31-22/h2-7,14H,8-13H2,1H3,(H,24,28). The first kappa shape index (κ1) is 21.2. The molecule has 0 unspecified atom stereocenters. The second-order valence-electron chi connectivity index (χ2n) is 7.26. The number of hydrogen-bond donors (Lipinski definition) is 1. The normalized spacial score (nSPS) is 14.6. The Labute approximate surface area is 183 Å². The molecule has 3 aromatic rings. The van der Waals surface area contributed by atoms with E-state index in [2.05, 4.69) is 24.8 Å². The van der Waals surface area contributed by atoms with Gasteiger partial charge >= 0.3 is 5.97 Å². The molecule has 0 bridgehead atoms. The van der Waals surface area contributed by atoms with Crippen LogP contribution in [0.15, 0.2) is 42.5 Å². The van der Waals surface area contributed by atoms with E-state index in [1.54, 1.807) is 30.3 Å². The lowest BCUT2D eigenvalue weighted by molar-refractivity contribution is 0.0600. The highest BCUT2D eigenvalue weighted by molar-refractivity contribution is 7.22. The molecule has 1 saturated heterocycles. The minimum absolute atomic E-state index is 0.170. The van der Waals surface area contributed by atoms with Crippen LogP contribution >= 0.6 is 11.3 Å². The lowest BCUT2D eigenvalue weighted by Gasteiger charge is -2.34. The van der Waals surface area contributed by atoms with Crippen molar-refractivity contribution in [1.82, 2.24) is 15.2 Å². The van der Waals surface area contributed by atoms with Crippen LogP contribution in [0.2, 0.25) is 0 Å². The number of carbonyl (C=O) groups is 2. The molecule has 31 heavy (non-hydrogen) atoms. The number of carbonyl (C=O) groups excluding carboxylic acids is 2. The van der Waals surface area contributed by atoms with Crippen molar-refractivity contribution in [2.45, 2.75) is 0 Å². The average molecular weight is 443 g/mol. The fourth-order valence-corrected chi connectivity index (χ4v) is 4.53. The molecule has 1 N–H and O–H groups in total. The van der Waals surface area contributed by atoms with Gasteiger partial charge in [0.2, 0.25) is 0 Å². The van der Waals surface area contributed by atoms with Gasteiger partial charge in [-0.1, -0.05) is 11.3 Å². The zero-order valence-corrected chi connectivity index (χ0v) is 18.0. The predicted octanol–water partition coefficient (Wildman–Crippen LogP) is 2.77. The van der Waals surface area contributed by atoms with Gasteiger partial charge in [-0.15, -0.1) is 0 Å². The minimum atomic E-state index is -0.427. The van der Waals surface area contributed by atoms with E-state index in [0.717, 1.165) is 48.1 Å². The largest absolute Gasteiger partial charge is 0.465 e. The van der Waals surface area contributed by atoms with Gasteiger partial charge in [0.25, 0.3) is 5.91 Å². The summed E-state index contributed by atoms with van der Waals surface area (Å²) in [6, 6.07) is 11.1. The smallest absolute Gasteiger partial charge is 0.337 e. The summed E-state index contributed by atoms with van der Waals surface area (Å²) in [5.74, 6) is -0.838. The van der Waals surface area contributed by atoms with Gasteiger partial charge in [-0.2, -0.15) is 0 Å². The number of halogens is 1. The first-order valence-corrected chi connectivity index (χ1v) is 10.8. The van der Waals surface area contributed by atoms with E-state index in [1.807, 2.05) is 0 Å². The molecule has 0 saturated carbocycles. The van der Waals surface area contributed by atoms with Crippen molar-refractivity contribution in [3.8, 4) is 0 Å². The number of ether oxygens (including phenoxy) is 1. The molecule has 0 radical (unpaired) electrons. The highest BCUT2D eigenvalue weighted by Crippen LogP contribution is 2.29. The number of rotatable bonds is 6. The van der Waals surface area contributed by atoms with Gasteiger partial charge < -0.3 is 15.0 Å². The number of amides is 1. The fraction of sp³-hybridized carbons (Fsp3) is 0.318. The van der Waals surface area contributed by atoms with Crippen LogP contribution < -0.4 is 10.2 Å². The van der Waals surface area contributed by atoms with Crippen LogP contribution in [0.4, 0.5) is 9.52 Å². The van der Waals surface area contributed by atoms with Crippen molar-refractivity contribution >= 4 is 38.6 Å². The number of methoxy groups -OCH3 is 1. The van der Waals surface area contributed by atoms with Crippen molar-refractivity contribution in [2.75, 3.05) is 51.3 Å². The summed E-state index contributed by atoms with van der Waals surface area (Å²) in [5, 5.41) is 3.84. The molecule has 0 aliphatic carbocycles. The predicted molar refractivity (Wildman–Crippen MR) is 118 cm³/mol. The monoisotopic (exact) mass is 442 g/mol. The molecule has 1 aromatic heterocycles. The number of piperazine rings is 1. The molecule has 1 aliphatic rings. The van der Waals surface area contributed by atoms with Crippen LogP contribution in [0.1, 0.15) is 20.7 Å². The number of nitrogens with zero attached hydrogens (tertiary/aromatic N) is 3. The molecular weight excluding hydrogens is 419 g/mol. The van der Waals surface area contributed by atoms with E-state index in [4.69, 9.17) is 0 Å². The highest BCUT2D eigenvalue weighted by Gasteiger charge is 2.20. The molecule has 1 amide bonds. The summed E-state index contributed by atoms with van der Waals surface area (Å²) < 4.78 is 18.9. The van der Waals surface area contributed by atoms with Crippen molar-refractivity contribution in [3.05, 3.63) is 59.4 Å². The molecule has 0 atom stereocenters. The van der Waals surface area contributed by atoms with Gasteiger partial charge in [0, 0.05) is 44.8 Å². The number of thiazole rings is 1. The molecule has 162 valence electrons. The third-order valence-electron chi connectivity index (χ3n) is 5.26. The van der Waals surface area contributed by atoms with Crippen LogP contribution in [-0.2, 0) is 4.74 Å². The Bertz CT molecular complexity index is 1080. The SMILES string of the molecule is COC(=O)c1ccc(C(=O)NCCN2CCN(c3nc4ccc(F)cc4s3)CC2)cc1. The van der Waals surface area contributed by atoms with Crippen LogP contribution in [0.5, 0.6) is 0 Å². The summed E-state index contributed by atoms with van der Waals surface area (Å²) in [4.78, 5) is 32.9. The average Bonchev–Trinajstić information content (AvgIpc) is 3.22. The number of aromatic nitrogens is 1. The molecular formula is C22H23FN4O3S. The van der Waals surface area contributed by atoms with Gasteiger partial charge in [-0.3, -0.25) is 9.69 Å². The number of benzene rings is 2. The van der Waals surface area contributed by atoms with Crippen molar-refractivity contribution in [3.63, 3.8) is 0 Å². The number of anilines is 1. The van der Waals surface area contributed by atoms with E-state index in [-0.39, 0.29) is 11.7 Å². The maximum absolute atomic E-state index is 13.4. The number of fused-ring (bicyclic) bond motifs is 1. The minimum Gasteiger partial charge on any atom is -0.465 e. The van der Waals surface area contributed by atoms with Crippen LogP contribution in [0.25, 0.3) is 10.2 Å². The maximum Gasteiger partial charge on any atom is 0.337 e. The Morgan fingerprint density at radius 2 is 1.81 bits per heavy atom. The second kappa shape index (κ2) is 9.40. The first-order chi connectivity index (χ1) is 15.0. The van der Waals surface area contributed by atoms with Gasteiger partial charge in [-0.25, -0.2) is 14.2 Å². The number of esters is 1. The third-order valence-corrected chi connectivity index (χ3v) is 6.34. The zero-order valence-electron chi connectivity index (χ0n) is 17.1. The van der Waals surface area contributed by atoms with Crippen LogP contribution in [-0.4, -0.2) is 68.1 Å². The van der Waals surface area contributed by atoms with E-state index >= 15 is 0 Å². The Morgan fingerprint density at radius 1 is 1.10 bits per heavy atom. The van der Waals surface area contributed by atoms with Crippen molar-refractivity contribution in [1.29, 1.82) is 0 Å². The van der Waals surface area contributed by atoms with Crippen LogP contribution in [0.3, 0.4) is 0 Å². The first-order valence-electron chi connectivity index (χ1n) is 10.0. The summed E-state index contributed by atoms with van der Waals surface area (Å²) in [7, 11) is 1.32. The maximum atomic E-state index is 13.4. The van der Waals surface area contributed by atoms with E-state index in [9.17, 15) is 14.0 Å². The number of hydrogen-bond acceptors (Lipinski definition) is 7. The molecule has 4 rings (SSSR count). The lowest BCUT2D eigenvalue weighted by Crippen LogP contribution is -2.48. The lowest BCUT2D eigenvalue weighted by atomic mass is 10.1. The van der Waals surface area contributed by atoms with E-state index in [0.29, 0.717) is 17.7 Å². The Balaban J connectivity index is 1.23. The van der Waals surface area contributed by atoms with E-state index < -0.39 is 5.97 Å². The molecule has 2 aromatic carbocycles. The summed E-state index contributed by atoms with van der Waals surface area (Å²) in [6.07, 6.45) is 0. The van der Waals surface area contributed by atoms with Crippen molar-refractivity contribution < 1.29 is 18.7 Å². The quantitative estimate of drug-likeness (QED) is 0.592. The van der Waals surface area contributed by atoms with Gasteiger partial charge in [0.15, 0.2) is 5.13 Å². The number of nitrogens with one attached hydrogen (secondary N) is 1. The topological polar surface area (TPSA) is 74.8 Å². The molecule has 1 aliphatic heterocycles. The van der Waals surface area contributed by atoms with E-state index in [1.165, 1.54) is 30.6 Å². The van der Waals surface area contributed by atoms with Gasteiger partial charge in [-0.05, 0) is 42.5 Å². The molecule has 1 fully saturated rings. The zero-order chi connectivity index (χ0) is 21.8. The molecule has 7 nitrogen and oxygen atoms in total.